The summed E-state index contributed by atoms with van der Waals surface area (Å²) < 4.78 is 0. The number of nitrogens with zero attached hydrogens (tertiary/aromatic N) is 2. The molecule has 2 saturated heterocycles. The number of hydrogen-bond donors (Lipinski definition) is 3. The van der Waals surface area contributed by atoms with Gasteiger partial charge in [-0.25, -0.2) is 9.59 Å². The van der Waals surface area contributed by atoms with E-state index in [-0.39, 0.29) is 30.6 Å². The molecular formula is C13H15N3O6. The highest BCUT2D eigenvalue weighted by Crippen LogP contribution is 2.46. The third-order valence-electron chi connectivity index (χ3n) is 4.45. The minimum Gasteiger partial charge on any atom is -0.477 e. The molecule has 0 bridgehead atoms. The fraction of sp³-hybridized carbons (Fsp3) is 0.538. The fourth-order valence-electron chi connectivity index (χ4n) is 3.62. The van der Waals surface area contributed by atoms with Crippen molar-refractivity contribution in [3.63, 3.8) is 0 Å². The molecule has 9 heteroatoms. The highest BCUT2D eigenvalue weighted by Gasteiger charge is 2.64. The van der Waals surface area contributed by atoms with Crippen LogP contribution in [-0.2, 0) is 14.4 Å². The molecule has 0 radical (unpaired) electrons. The number of carboxylic acid groups (broad SMARTS) is 2. The molecule has 0 aliphatic carbocycles. The van der Waals surface area contributed by atoms with Gasteiger partial charge in [0.15, 0.2) is 0 Å². The Hall–Kier alpha value is -2.58. The van der Waals surface area contributed by atoms with Gasteiger partial charge in [-0.1, -0.05) is 0 Å². The predicted molar refractivity (Wildman–Crippen MR) is 70.6 cm³/mol. The van der Waals surface area contributed by atoms with Gasteiger partial charge in [0.1, 0.15) is 11.7 Å². The maximum absolute atomic E-state index is 12.2. The molecule has 0 unspecified atom stereocenters. The average Bonchev–Trinajstić information content (AvgIpc) is 2.79. The molecule has 0 spiro atoms. The first-order valence-corrected chi connectivity index (χ1v) is 6.85. The second-order valence-electron chi connectivity index (χ2n) is 5.71. The number of rotatable bonds is 3. The van der Waals surface area contributed by atoms with Crippen LogP contribution in [0.25, 0.3) is 0 Å². The zero-order chi connectivity index (χ0) is 16.2. The zero-order valence-electron chi connectivity index (χ0n) is 11.8. The van der Waals surface area contributed by atoms with Crippen molar-refractivity contribution >= 4 is 23.9 Å². The summed E-state index contributed by atoms with van der Waals surface area (Å²) in [5.41, 5.74) is 0.325. The van der Waals surface area contributed by atoms with E-state index >= 15 is 0 Å². The van der Waals surface area contributed by atoms with Gasteiger partial charge in [-0.15, -0.1) is 0 Å². The van der Waals surface area contributed by atoms with Crippen molar-refractivity contribution in [1.82, 2.24) is 15.1 Å². The third-order valence-corrected chi connectivity index (χ3v) is 4.45. The second-order valence-corrected chi connectivity index (χ2v) is 5.71. The Morgan fingerprint density at radius 1 is 1.32 bits per heavy atom. The SMILES string of the molecule is CC(=O)NCC1=C(C(=O)O)N2C(=O)[C@@H]3[C@H]2[C@H](C1)CN3C(=O)O. The number of nitrogens with one attached hydrogen (secondary N) is 1. The van der Waals surface area contributed by atoms with E-state index in [1.807, 2.05) is 0 Å². The number of amides is 3. The lowest BCUT2D eigenvalue weighted by molar-refractivity contribution is -0.156. The summed E-state index contributed by atoms with van der Waals surface area (Å²) in [6.07, 6.45) is -0.816. The molecule has 0 aromatic rings. The van der Waals surface area contributed by atoms with E-state index < -0.39 is 30.1 Å². The molecule has 0 aromatic heterocycles. The topological polar surface area (TPSA) is 127 Å². The van der Waals surface area contributed by atoms with Gasteiger partial charge in [-0.3, -0.25) is 19.4 Å². The first kappa shape index (κ1) is 14.4. The van der Waals surface area contributed by atoms with Crippen LogP contribution in [0.1, 0.15) is 13.3 Å². The van der Waals surface area contributed by atoms with Gasteiger partial charge in [-0.05, 0) is 12.0 Å². The number of carbonyl (C=O) groups is 4. The molecule has 22 heavy (non-hydrogen) atoms. The number of carboxylic acids is 1. The summed E-state index contributed by atoms with van der Waals surface area (Å²) in [7, 11) is 0. The second kappa shape index (κ2) is 4.72. The van der Waals surface area contributed by atoms with Crippen LogP contribution in [0, 0.1) is 5.92 Å². The molecule has 3 N–H and O–H groups in total. The molecular weight excluding hydrogens is 294 g/mol. The first-order valence-electron chi connectivity index (χ1n) is 6.85. The minimum atomic E-state index is -1.24. The highest BCUT2D eigenvalue weighted by molar-refractivity contribution is 6.02. The van der Waals surface area contributed by atoms with E-state index in [2.05, 4.69) is 5.32 Å². The van der Waals surface area contributed by atoms with Gasteiger partial charge in [0.25, 0.3) is 5.91 Å². The van der Waals surface area contributed by atoms with Gasteiger partial charge >= 0.3 is 12.1 Å². The van der Waals surface area contributed by atoms with Crippen molar-refractivity contribution in [2.75, 3.05) is 13.1 Å². The van der Waals surface area contributed by atoms with Crippen molar-refractivity contribution in [3.8, 4) is 0 Å². The number of β-lactam (4-membered cyclic amide) rings is 1. The van der Waals surface area contributed by atoms with Gasteiger partial charge in [0.2, 0.25) is 5.91 Å². The lowest BCUT2D eigenvalue weighted by atomic mass is 9.79. The van der Waals surface area contributed by atoms with Gasteiger partial charge in [0, 0.05) is 25.9 Å². The summed E-state index contributed by atoms with van der Waals surface area (Å²) in [4.78, 5) is 48.2. The maximum atomic E-state index is 12.2. The van der Waals surface area contributed by atoms with Crippen LogP contribution in [0.2, 0.25) is 0 Å². The number of aliphatic carboxylic acids is 1. The summed E-state index contributed by atoms with van der Waals surface area (Å²) in [5.74, 6) is -2.18. The highest BCUT2D eigenvalue weighted by atomic mass is 16.4. The van der Waals surface area contributed by atoms with Crippen LogP contribution in [0.15, 0.2) is 11.3 Å². The van der Waals surface area contributed by atoms with Crippen molar-refractivity contribution < 1.29 is 29.4 Å². The maximum Gasteiger partial charge on any atom is 0.408 e. The molecule has 3 aliphatic heterocycles. The van der Waals surface area contributed by atoms with Crippen molar-refractivity contribution in [2.24, 2.45) is 5.92 Å². The summed E-state index contributed by atoms with van der Waals surface area (Å²) in [6.45, 7) is 1.56. The van der Waals surface area contributed by atoms with E-state index in [1.165, 1.54) is 11.8 Å². The van der Waals surface area contributed by atoms with Crippen molar-refractivity contribution in [2.45, 2.75) is 25.4 Å². The summed E-state index contributed by atoms with van der Waals surface area (Å²) in [6, 6.07) is -1.19. The van der Waals surface area contributed by atoms with Crippen molar-refractivity contribution in [3.05, 3.63) is 11.3 Å². The number of hydrogen-bond acceptors (Lipinski definition) is 4. The van der Waals surface area contributed by atoms with Crippen LogP contribution < -0.4 is 5.32 Å². The third kappa shape index (κ3) is 1.85. The molecule has 0 aromatic carbocycles. The first-order chi connectivity index (χ1) is 10.3. The fourth-order valence-corrected chi connectivity index (χ4v) is 3.62. The predicted octanol–water partition coefficient (Wildman–Crippen LogP) is -0.946. The van der Waals surface area contributed by atoms with E-state index in [0.717, 1.165) is 4.90 Å². The normalized spacial score (nSPS) is 29.1. The Kier molecular flexibility index (Phi) is 3.08. The van der Waals surface area contributed by atoms with Gasteiger partial charge in [-0.2, -0.15) is 0 Å². The molecule has 118 valence electrons. The smallest absolute Gasteiger partial charge is 0.408 e. The monoisotopic (exact) mass is 309 g/mol. The van der Waals surface area contributed by atoms with Gasteiger partial charge in [0.05, 0.1) is 6.04 Å². The van der Waals surface area contributed by atoms with Crippen LogP contribution in [0.4, 0.5) is 4.79 Å². The van der Waals surface area contributed by atoms with Crippen LogP contribution in [0.5, 0.6) is 0 Å². The van der Waals surface area contributed by atoms with Crippen LogP contribution in [0.3, 0.4) is 0 Å². The molecule has 0 saturated carbocycles. The van der Waals surface area contributed by atoms with Crippen LogP contribution >= 0.6 is 0 Å². The molecule has 3 atom stereocenters. The Balaban J connectivity index is 1.94. The largest absolute Gasteiger partial charge is 0.477 e. The lowest BCUT2D eigenvalue weighted by Crippen LogP contribution is -2.69. The van der Waals surface area contributed by atoms with Gasteiger partial charge < -0.3 is 15.5 Å². The molecule has 3 heterocycles. The van der Waals surface area contributed by atoms with E-state index in [9.17, 15) is 24.3 Å². The quantitative estimate of drug-likeness (QED) is 0.577. The Morgan fingerprint density at radius 2 is 2.00 bits per heavy atom. The molecule has 2 fully saturated rings. The minimum absolute atomic E-state index is 0.0434. The Morgan fingerprint density at radius 3 is 2.55 bits per heavy atom. The zero-order valence-corrected chi connectivity index (χ0v) is 11.8. The van der Waals surface area contributed by atoms with Crippen molar-refractivity contribution in [1.29, 1.82) is 0 Å². The molecule has 3 aliphatic rings. The van der Waals surface area contributed by atoms with E-state index in [0.29, 0.717) is 12.0 Å². The number of carbonyl (C=O) groups excluding carboxylic acids is 2. The molecule has 9 nitrogen and oxygen atoms in total. The average molecular weight is 309 g/mol. The molecule has 3 amide bonds. The Labute approximate surface area is 125 Å². The molecule has 3 rings (SSSR count). The Bertz CT molecular complexity index is 627. The standard InChI is InChI=1S/C13H15N3O6/c1-5(17)14-3-6-2-7-4-15(13(21)22)10-8(7)16(11(10)18)9(6)12(19)20/h7-8,10H,2-4H2,1H3,(H,14,17)(H,19,20)(H,21,22)/t7-,8-,10+/m1/s1. The van der Waals surface area contributed by atoms with E-state index in [4.69, 9.17) is 5.11 Å². The summed E-state index contributed by atoms with van der Waals surface area (Å²) >= 11 is 0. The van der Waals surface area contributed by atoms with Crippen LogP contribution in [-0.4, -0.2) is 69.1 Å². The number of likely N-dealkylation sites (tertiary alicyclic amines) is 1. The lowest BCUT2D eigenvalue weighted by Gasteiger charge is -2.49. The summed E-state index contributed by atoms with van der Waals surface area (Å²) in [5, 5.41) is 21.1. The van der Waals surface area contributed by atoms with E-state index in [1.54, 1.807) is 0 Å².